The van der Waals surface area contributed by atoms with Crippen LogP contribution in [0.1, 0.15) is 12.5 Å². The average molecular weight is 207 g/mol. The van der Waals surface area contributed by atoms with Crippen molar-refractivity contribution in [2.24, 2.45) is 0 Å². The summed E-state index contributed by atoms with van der Waals surface area (Å²) in [5, 5.41) is 13.1. The Morgan fingerprint density at radius 3 is 2.73 bits per heavy atom. The molecule has 0 saturated carbocycles. The molecule has 0 aromatic heterocycles. The fraction of sp³-hybridized carbons (Fsp3) is 0.500. The second kappa shape index (κ2) is 4.21. The molecule has 15 heavy (non-hydrogen) atoms. The van der Waals surface area contributed by atoms with Gasteiger partial charge in [0.15, 0.2) is 0 Å². The largest absolute Gasteiger partial charge is 0.494 e. The van der Waals surface area contributed by atoms with Gasteiger partial charge >= 0.3 is 0 Å². The SMILES string of the molecule is CCOc1ccccc1CC1(O)CNC1. The highest BCUT2D eigenvalue weighted by Gasteiger charge is 2.34. The van der Waals surface area contributed by atoms with Crippen molar-refractivity contribution < 1.29 is 9.84 Å². The van der Waals surface area contributed by atoms with Crippen molar-refractivity contribution in [3.8, 4) is 5.75 Å². The topological polar surface area (TPSA) is 41.5 Å². The first kappa shape index (κ1) is 10.5. The minimum atomic E-state index is -0.576. The second-order valence-electron chi connectivity index (χ2n) is 4.05. The van der Waals surface area contributed by atoms with E-state index >= 15 is 0 Å². The van der Waals surface area contributed by atoms with Crippen LogP contribution in [0.3, 0.4) is 0 Å². The molecular weight excluding hydrogens is 190 g/mol. The number of nitrogens with one attached hydrogen (secondary N) is 1. The van der Waals surface area contributed by atoms with E-state index in [-0.39, 0.29) is 0 Å². The molecule has 0 radical (unpaired) electrons. The predicted octanol–water partition coefficient (Wildman–Crippen LogP) is 0.962. The van der Waals surface area contributed by atoms with E-state index < -0.39 is 5.60 Å². The summed E-state index contributed by atoms with van der Waals surface area (Å²) < 4.78 is 5.52. The van der Waals surface area contributed by atoms with Crippen LogP contribution in [0.15, 0.2) is 24.3 Å². The van der Waals surface area contributed by atoms with Gasteiger partial charge in [-0.1, -0.05) is 18.2 Å². The van der Waals surface area contributed by atoms with E-state index in [0.29, 0.717) is 26.1 Å². The monoisotopic (exact) mass is 207 g/mol. The number of hydrogen-bond donors (Lipinski definition) is 2. The lowest BCUT2D eigenvalue weighted by Gasteiger charge is -2.38. The second-order valence-corrected chi connectivity index (χ2v) is 4.05. The molecule has 1 aliphatic rings. The van der Waals surface area contributed by atoms with E-state index in [1.54, 1.807) is 0 Å². The molecule has 2 N–H and O–H groups in total. The van der Waals surface area contributed by atoms with Crippen LogP contribution in [0.4, 0.5) is 0 Å². The molecule has 2 rings (SSSR count). The molecule has 1 aromatic carbocycles. The standard InChI is InChI=1S/C12H17NO2/c1-2-15-11-6-4-3-5-10(11)7-12(14)8-13-9-12/h3-6,13-14H,2,7-9H2,1H3. The highest BCUT2D eigenvalue weighted by molar-refractivity contribution is 5.35. The van der Waals surface area contributed by atoms with Crippen LogP contribution in [0, 0.1) is 0 Å². The van der Waals surface area contributed by atoms with Gasteiger partial charge in [-0.05, 0) is 18.6 Å². The summed E-state index contributed by atoms with van der Waals surface area (Å²) >= 11 is 0. The van der Waals surface area contributed by atoms with E-state index in [1.807, 2.05) is 31.2 Å². The molecule has 0 atom stereocenters. The zero-order valence-corrected chi connectivity index (χ0v) is 8.99. The minimum absolute atomic E-state index is 0.576. The van der Waals surface area contributed by atoms with Crippen molar-refractivity contribution >= 4 is 0 Å². The van der Waals surface area contributed by atoms with E-state index in [1.165, 1.54) is 0 Å². The summed E-state index contributed by atoms with van der Waals surface area (Å²) in [6, 6.07) is 7.90. The number of rotatable bonds is 4. The van der Waals surface area contributed by atoms with Gasteiger partial charge in [-0.2, -0.15) is 0 Å². The van der Waals surface area contributed by atoms with Gasteiger partial charge in [0, 0.05) is 19.5 Å². The first-order valence-electron chi connectivity index (χ1n) is 5.37. The molecule has 0 spiro atoms. The smallest absolute Gasteiger partial charge is 0.122 e. The molecule has 0 bridgehead atoms. The third kappa shape index (κ3) is 2.30. The quantitative estimate of drug-likeness (QED) is 0.772. The van der Waals surface area contributed by atoms with Gasteiger partial charge in [0.2, 0.25) is 0 Å². The Labute approximate surface area is 90.1 Å². The van der Waals surface area contributed by atoms with Gasteiger partial charge in [0.05, 0.1) is 12.2 Å². The summed E-state index contributed by atoms with van der Waals surface area (Å²) in [6.07, 6.45) is 0.663. The van der Waals surface area contributed by atoms with Crippen LogP contribution >= 0.6 is 0 Å². The van der Waals surface area contributed by atoms with Crippen molar-refractivity contribution in [1.29, 1.82) is 0 Å². The molecule has 1 saturated heterocycles. The summed E-state index contributed by atoms with van der Waals surface area (Å²) in [5.74, 6) is 0.889. The Kier molecular flexibility index (Phi) is 2.93. The fourth-order valence-corrected chi connectivity index (χ4v) is 1.84. The van der Waals surface area contributed by atoms with Crippen molar-refractivity contribution in [3.05, 3.63) is 29.8 Å². The molecule has 3 heteroatoms. The lowest BCUT2D eigenvalue weighted by atomic mass is 9.89. The summed E-state index contributed by atoms with van der Waals surface area (Å²) in [7, 11) is 0. The average Bonchev–Trinajstić information content (AvgIpc) is 2.19. The lowest BCUT2D eigenvalue weighted by Crippen LogP contribution is -2.60. The third-order valence-corrected chi connectivity index (χ3v) is 2.70. The van der Waals surface area contributed by atoms with Gasteiger partial charge in [-0.3, -0.25) is 0 Å². The van der Waals surface area contributed by atoms with Gasteiger partial charge in [-0.25, -0.2) is 0 Å². The van der Waals surface area contributed by atoms with Crippen molar-refractivity contribution in [2.75, 3.05) is 19.7 Å². The number of benzene rings is 1. The van der Waals surface area contributed by atoms with Gasteiger partial charge < -0.3 is 15.2 Å². The first-order chi connectivity index (χ1) is 7.23. The predicted molar refractivity (Wildman–Crippen MR) is 59.1 cm³/mol. The lowest BCUT2D eigenvalue weighted by molar-refractivity contribution is -0.00951. The fourth-order valence-electron chi connectivity index (χ4n) is 1.84. The normalized spacial score (nSPS) is 18.3. The van der Waals surface area contributed by atoms with Crippen LogP contribution in [-0.2, 0) is 6.42 Å². The molecular formula is C12H17NO2. The molecule has 0 amide bonds. The summed E-state index contributed by atoms with van der Waals surface area (Å²) in [6.45, 7) is 3.98. The van der Waals surface area contributed by atoms with E-state index in [4.69, 9.17) is 4.74 Å². The Bertz CT molecular complexity index is 334. The Balaban J connectivity index is 2.12. The molecule has 1 aliphatic heterocycles. The van der Waals surface area contributed by atoms with Crippen molar-refractivity contribution in [1.82, 2.24) is 5.32 Å². The Morgan fingerprint density at radius 2 is 2.13 bits per heavy atom. The molecule has 1 aromatic rings. The molecule has 3 nitrogen and oxygen atoms in total. The highest BCUT2D eigenvalue weighted by Crippen LogP contribution is 2.25. The zero-order chi connectivity index (χ0) is 10.7. The van der Waals surface area contributed by atoms with Crippen LogP contribution in [0.25, 0.3) is 0 Å². The van der Waals surface area contributed by atoms with Crippen LogP contribution in [0.5, 0.6) is 5.75 Å². The third-order valence-electron chi connectivity index (χ3n) is 2.70. The molecule has 0 aliphatic carbocycles. The summed E-state index contributed by atoms with van der Waals surface area (Å²) in [4.78, 5) is 0. The van der Waals surface area contributed by atoms with Crippen molar-refractivity contribution in [2.45, 2.75) is 18.9 Å². The minimum Gasteiger partial charge on any atom is -0.494 e. The van der Waals surface area contributed by atoms with Gasteiger partial charge in [0.25, 0.3) is 0 Å². The Hall–Kier alpha value is -1.06. The maximum absolute atomic E-state index is 10.0. The van der Waals surface area contributed by atoms with Crippen LogP contribution < -0.4 is 10.1 Å². The molecule has 0 unspecified atom stereocenters. The first-order valence-corrected chi connectivity index (χ1v) is 5.37. The number of para-hydroxylation sites is 1. The molecule has 82 valence electrons. The van der Waals surface area contributed by atoms with Crippen molar-refractivity contribution in [3.63, 3.8) is 0 Å². The maximum atomic E-state index is 10.0. The van der Waals surface area contributed by atoms with E-state index in [9.17, 15) is 5.11 Å². The number of aliphatic hydroxyl groups is 1. The van der Waals surface area contributed by atoms with E-state index in [0.717, 1.165) is 11.3 Å². The maximum Gasteiger partial charge on any atom is 0.122 e. The Morgan fingerprint density at radius 1 is 1.40 bits per heavy atom. The van der Waals surface area contributed by atoms with Gasteiger partial charge in [0.1, 0.15) is 5.75 Å². The molecule has 1 heterocycles. The highest BCUT2D eigenvalue weighted by atomic mass is 16.5. The number of hydrogen-bond acceptors (Lipinski definition) is 3. The number of β-amino-alcohol motifs (C(OH)–C–C–N with tert-alkyl or cyclic N) is 1. The zero-order valence-electron chi connectivity index (χ0n) is 8.99. The summed E-state index contributed by atoms with van der Waals surface area (Å²) in [5.41, 5.74) is 0.510. The van der Waals surface area contributed by atoms with E-state index in [2.05, 4.69) is 5.32 Å². The molecule has 1 fully saturated rings. The number of ether oxygens (including phenoxy) is 1. The van der Waals surface area contributed by atoms with Crippen LogP contribution in [0.2, 0.25) is 0 Å². The van der Waals surface area contributed by atoms with Gasteiger partial charge in [-0.15, -0.1) is 0 Å². The van der Waals surface area contributed by atoms with Crippen LogP contribution in [-0.4, -0.2) is 30.4 Å².